The van der Waals surface area contributed by atoms with Crippen LogP contribution in [0, 0.1) is 6.92 Å². The van der Waals surface area contributed by atoms with E-state index in [1.807, 2.05) is 5.51 Å². The Morgan fingerprint density at radius 2 is 2.00 bits per heavy atom. The molecule has 3 nitrogen and oxygen atoms in total. The second-order valence-corrected chi connectivity index (χ2v) is 5.76. The third-order valence-electron chi connectivity index (χ3n) is 3.43. The molecule has 0 radical (unpaired) electrons. The average molecular weight is 275 g/mol. The molecule has 0 saturated heterocycles. The van der Waals surface area contributed by atoms with Gasteiger partial charge >= 0.3 is 0 Å². The Bertz CT molecular complexity index is 518. The molecule has 0 spiro atoms. The van der Waals surface area contributed by atoms with Crippen molar-refractivity contribution >= 4 is 17.0 Å². The first-order valence-electron chi connectivity index (χ1n) is 6.57. The summed E-state index contributed by atoms with van der Waals surface area (Å²) >= 11 is 1.71. The summed E-state index contributed by atoms with van der Waals surface area (Å²) in [7, 11) is 2.11. The van der Waals surface area contributed by atoms with Gasteiger partial charge in [0.2, 0.25) is 0 Å². The minimum absolute atomic E-state index is 0.142. The summed E-state index contributed by atoms with van der Waals surface area (Å²) in [5, 5.41) is 0. The number of aryl methyl sites for hydroxylation is 1. The third kappa shape index (κ3) is 3.33. The zero-order valence-electron chi connectivity index (χ0n) is 11.8. The zero-order chi connectivity index (χ0) is 13.8. The van der Waals surface area contributed by atoms with Crippen LogP contribution in [-0.4, -0.2) is 12.0 Å². The molecule has 0 aliphatic rings. The molecule has 19 heavy (non-hydrogen) atoms. The molecule has 102 valence electrons. The number of benzene rings is 1. The van der Waals surface area contributed by atoms with Gasteiger partial charge in [-0.25, -0.2) is 4.98 Å². The fraction of sp³-hybridized carbons (Fsp3) is 0.400. The maximum absolute atomic E-state index is 6.03. The van der Waals surface area contributed by atoms with Crippen molar-refractivity contribution in [3.8, 4) is 0 Å². The molecule has 0 amide bonds. The van der Waals surface area contributed by atoms with Crippen molar-refractivity contribution in [2.24, 2.45) is 5.73 Å². The molecule has 0 bridgehead atoms. The highest BCUT2D eigenvalue weighted by atomic mass is 32.1. The van der Waals surface area contributed by atoms with E-state index in [4.69, 9.17) is 5.73 Å². The summed E-state index contributed by atoms with van der Waals surface area (Å²) in [6.45, 7) is 5.07. The monoisotopic (exact) mass is 275 g/mol. The van der Waals surface area contributed by atoms with Gasteiger partial charge in [0.05, 0.1) is 17.7 Å². The summed E-state index contributed by atoms with van der Waals surface area (Å²) in [5.41, 5.74) is 11.5. The number of nitrogens with zero attached hydrogens (tertiary/aromatic N) is 2. The van der Waals surface area contributed by atoms with E-state index in [2.05, 4.69) is 55.0 Å². The van der Waals surface area contributed by atoms with Crippen LogP contribution in [0.1, 0.15) is 35.5 Å². The summed E-state index contributed by atoms with van der Waals surface area (Å²) in [6, 6.07) is 8.67. The van der Waals surface area contributed by atoms with Crippen molar-refractivity contribution in [2.45, 2.75) is 32.9 Å². The molecule has 1 atom stereocenters. The van der Waals surface area contributed by atoms with Crippen LogP contribution in [0.15, 0.2) is 29.8 Å². The van der Waals surface area contributed by atoms with Crippen molar-refractivity contribution in [1.82, 2.24) is 4.98 Å². The van der Waals surface area contributed by atoms with E-state index >= 15 is 0 Å². The smallest absolute Gasteiger partial charge is 0.0798 e. The van der Waals surface area contributed by atoms with Crippen molar-refractivity contribution in [3.05, 3.63) is 45.9 Å². The topological polar surface area (TPSA) is 42.1 Å². The number of rotatable bonds is 5. The number of thiazole rings is 1. The SMILES string of the molecule is CC[C@H](N)c1ccc(N(C)Cc2scnc2C)cc1. The van der Waals surface area contributed by atoms with Gasteiger partial charge in [-0.3, -0.25) is 0 Å². The van der Waals surface area contributed by atoms with E-state index in [9.17, 15) is 0 Å². The van der Waals surface area contributed by atoms with Crippen LogP contribution >= 0.6 is 11.3 Å². The maximum Gasteiger partial charge on any atom is 0.0798 e. The lowest BCUT2D eigenvalue weighted by molar-refractivity contribution is 0.698. The second-order valence-electron chi connectivity index (χ2n) is 4.82. The first-order chi connectivity index (χ1) is 9.11. The molecule has 1 aromatic heterocycles. The lowest BCUT2D eigenvalue weighted by Crippen LogP contribution is -2.16. The van der Waals surface area contributed by atoms with Crippen molar-refractivity contribution in [2.75, 3.05) is 11.9 Å². The van der Waals surface area contributed by atoms with Crippen LogP contribution < -0.4 is 10.6 Å². The summed E-state index contributed by atoms with van der Waals surface area (Å²) in [4.78, 5) is 7.84. The molecule has 2 aromatic rings. The van der Waals surface area contributed by atoms with Crippen LogP contribution in [0.4, 0.5) is 5.69 Å². The molecule has 0 unspecified atom stereocenters. The first-order valence-corrected chi connectivity index (χ1v) is 7.45. The Labute approximate surface area is 119 Å². The highest BCUT2D eigenvalue weighted by molar-refractivity contribution is 7.09. The third-order valence-corrected chi connectivity index (χ3v) is 4.35. The van der Waals surface area contributed by atoms with Gasteiger partial charge in [-0.15, -0.1) is 11.3 Å². The minimum atomic E-state index is 0.142. The number of anilines is 1. The van der Waals surface area contributed by atoms with E-state index < -0.39 is 0 Å². The number of hydrogen-bond donors (Lipinski definition) is 1. The predicted octanol–water partition coefficient (Wildman–Crippen LogP) is 3.50. The van der Waals surface area contributed by atoms with Crippen LogP contribution in [0.5, 0.6) is 0 Å². The molecule has 2 N–H and O–H groups in total. The summed E-state index contributed by atoms with van der Waals surface area (Å²) < 4.78 is 0. The Morgan fingerprint density at radius 1 is 1.32 bits per heavy atom. The summed E-state index contributed by atoms with van der Waals surface area (Å²) in [5.74, 6) is 0. The zero-order valence-corrected chi connectivity index (χ0v) is 12.6. The molecular weight excluding hydrogens is 254 g/mol. The molecule has 0 aliphatic carbocycles. The van der Waals surface area contributed by atoms with Gasteiger partial charge < -0.3 is 10.6 Å². The fourth-order valence-electron chi connectivity index (χ4n) is 2.00. The minimum Gasteiger partial charge on any atom is -0.369 e. The highest BCUT2D eigenvalue weighted by Crippen LogP contribution is 2.22. The quantitative estimate of drug-likeness (QED) is 0.908. The van der Waals surface area contributed by atoms with Crippen molar-refractivity contribution < 1.29 is 0 Å². The number of hydrogen-bond acceptors (Lipinski definition) is 4. The summed E-state index contributed by atoms with van der Waals surface area (Å²) in [6.07, 6.45) is 0.968. The van der Waals surface area contributed by atoms with Gasteiger partial charge in [-0.05, 0) is 31.0 Å². The molecule has 0 saturated carbocycles. The largest absolute Gasteiger partial charge is 0.369 e. The molecule has 0 aliphatic heterocycles. The molecule has 1 heterocycles. The first kappa shape index (κ1) is 14.0. The van der Waals surface area contributed by atoms with E-state index in [0.717, 1.165) is 18.7 Å². The van der Waals surface area contributed by atoms with Gasteiger partial charge in [-0.2, -0.15) is 0 Å². The van der Waals surface area contributed by atoms with Gasteiger partial charge in [-0.1, -0.05) is 19.1 Å². The lowest BCUT2D eigenvalue weighted by atomic mass is 10.1. The van der Waals surface area contributed by atoms with Gasteiger partial charge in [0.25, 0.3) is 0 Å². The van der Waals surface area contributed by atoms with E-state index in [1.54, 1.807) is 11.3 Å². The van der Waals surface area contributed by atoms with Gasteiger partial charge in [0.15, 0.2) is 0 Å². The maximum atomic E-state index is 6.03. The average Bonchev–Trinajstić information content (AvgIpc) is 2.83. The molecule has 4 heteroatoms. The van der Waals surface area contributed by atoms with Crippen LogP contribution in [-0.2, 0) is 6.54 Å². The standard InChI is InChI=1S/C15H21N3S/c1-4-14(16)12-5-7-13(8-6-12)18(3)9-15-11(2)17-10-19-15/h5-8,10,14H,4,9,16H2,1-3H3/t14-/m0/s1. The highest BCUT2D eigenvalue weighted by Gasteiger charge is 2.08. The molecule has 1 aromatic carbocycles. The Morgan fingerprint density at radius 3 is 2.53 bits per heavy atom. The second kappa shape index (κ2) is 6.17. The predicted molar refractivity (Wildman–Crippen MR) is 82.6 cm³/mol. The molecular formula is C15H21N3S. The normalized spacial score (nSPS) is 12.4. The van der Waals surface area contributed by atoms with E-state index in [0.29, 0.717) is 0 Å². The van der Waals surface area contributed by atoms with Crippen LogP contribution in [0.25, 0.3) is 0 Å². The van der Waals surface area contributed by atoms with E-state index in [-0.39, 0.29) is 6.04 Å². The Balaban J connectivity index is 2.07. The van der Waals surface area contributed by atoms with Gasteiger partial charge in [0.1, 0.15) is 0 Å². The van der Waals surface area contributed by atoms with Crippen molar-refractivity contribution in [3.63, 3.8) is 0 Å². The number of aromatic nitrogens is 1. The molecule has 0 fully saturated rings. The lowest BCUT2D eigenvalue weighted by Gasteiger charge is -2.19. The van der Waals surface area contributed by atoms with Crippen LogP contribution in [0.2, 0.25) is 0 Å². The van der Waals surface area contributed by atoms with Gasteiger partial charge in [0, 0.05) is 23.7 Å². The van der Waals surface area contributed by atoms with E-state index in [1.165, 1.54) is 16.1 Å². The molecule has 2 rings (SSSR count). The fourth-order valence-corrected chi connectivity index (χ4v) is 2.83. The van der Waals surface area contributed by atoms with Crippen LogP contribution in [0.3, 0.4) is 0 Å². The van der Waals surface area contributed by atoms with Crippen molar-refractivity contribution in [1.29, 1.82) is 0 Å². The Hall–Kier alpha value is -1.39. The number of nitrogens with two attached hydrogens (primary N) is 1. The Kier molecular flexibility index (Phi) is 4.56.